The van der Waals surface area contributed by atoms with Gasteiger partial charge < -0.3 is 14.9 Å². The predicted molar refractivity (Wildman–Crippen MR) is 31.6 cm³/mol. The summed E-state index contributed by atoms with van der Waals surface area (Å²) in [6.45, 7) is 1.59. The Morgan fingerprint density at radius 3 is 2.78 bits per heavy atom. The summed E-state index contributed by atoms with van der Waals surface area (Å²) in [5, 5.41) is 17.8. The summed E-state index contributed by atoms with van der Waals surface area (Å²) in [6, 6.07) is 0. The molecule has 0 aliphatic carbocycles. The number of allylic oxidation sites excluding steroid dienone is 1. The van der Waals surface area contributed by atoms with Crippen LogP contribution in [0, 0.1) is 0 Å². The topological polar surface area (TPSA) is 49.7 Å². The lowest BCUT2D eigenvalue weighted by atomic mass is 10.2. The summed E-state index contributed by atoms with van der Waals surface area (Å²) in [7, 11) is 0. The van der Waals surface area contributed by atoms with E-state index in [9.17, 15) is 0 Å². The van der Waals surface area contributed by atoms with Crippen LogP contribution in [0.15, 0.2) is 23.9 Å². The van der Waals surface area contributed by atoms with E-state index in [-0.39, 0.29) is 5.76 Å². The van der Waals surface area contributed by atoms with Crippen molar-refractivity contribution in [2.24, 2.45) is 0 Å². The Morgan fingerprint density at radius 2 is 2.33 bits per heavy atom. The van der Waals surface area contributed by atoms with Gasteiger partial charge in [0.1, 0.15) is 11.9 Å². The molecule has 1 unspecified atom stereocenters. The van der Waals surface area contributed by atoms with Crippen LogP contribution in [-0.2, 0) is 4.74 Å². The molecule has 1 atom stereocenters. The van der Waals surface area contributed by atoms with Gasteiger partial charge in [-0.3, -0.25) is 0 Å². The van der Waals surface area contributed by atoms with Gasteiger partial charge in [-0.2, -0.15) is 0 Å². The first-order valence-electron chi connectivity index (χ1n) is 2.63. The van der Waals surface area contributed by atoms with E-state index in [1.807, 2.05) is 0 Å². The minimum Gasteiger partial charge on any atom is -0.506 e. The van der Waals surface area contributed by atoms with E-state index in [0.717, 1.165) is 0 Å². The van der Waals surface area contributed by atoms with Crippen LogP contribution in [0.4, 0.5) is 0 Å². The molecule has 0 saturated heterocycles. The summed E-state index contributed by atoms with van der Waals surface area (Å²) in [6.07, 6.45) is 1.82. The Morgan fingerprint density at radius 1 is 1.67 bits per heavy atom. The Labute approximate surface area is 52.9 Å². The minimum absolute atomic E-state index is 0.113. The molecular formula is C6H8O3. The van der Waals surface area contributed by atoms with E-state index in [1.54, 1.807) is 6.92 Å². The first kappa shape index (κ1) is 6.16. The van der Waals surface area contributed by atoms with Crippen molar-refractivity contribution in [2.45, 2.75) is 13.0 Å². The summed E-state index contributed by atoms with van der Waals surface area (Å²) in [5.41, 5.74) is 0. The highest BCUT2D eigenvalue weighted by atomic mass is 16.5. The summed E-state index contributed by atoms with van der Waals surface area (Å²) < 4.78 is 4.75. The molecule has 50 valence electrons. The van der Waals surface area contributed by atoms with Crippen molar-refractivity contribution in [1.29, 1.82) is 0 Å². The molecule has 3 nitrogen and oxygen atoms in total. The second kappa shape index (κ2) is 2.11. The molecule has 3 heteroatoms. The predicted octanol–water partition coefficient (Wildman–Crippen LogP) is 0.681. The third-order valence-corrected chi connectivity index (χ3v) is 1.15. The van der Waals surface area contributed by atoms with Gasteiger partial charge >= 0.3 is 0 Å². The third kappa shape index (κ3) is 1.05. The molecule has 0 saturated carbocycles. The minimum atomic E-state index is -0.890. The van der Waals surface area contributed by atoms with Gasteiger partial charge in [-0.15, -0.1) is 0 Å². The molecule has 1 heterocycles. The second-order valence-corrected chi connectivity index (χ2v) is 1.83. The van der Waals surface area contributed by atoms with E-state index in [0.29, 0.717) is 5.76 Å². The van der Waals surface area contributed by atoms with Crippen molar-refractivity contribution >= 4 is 0 Å². The lowest BCUT2D eigenvalue weighted by Crippen LogP contribution is -2.12. The first-order valence-corrected chi connectivity index (χ1v) is 2.63. The molecule has 0 spiro atoms. The maximum atomic E-state index is 8.90. The van der Waals surface area contributed by atoms with Gasteiger partial charge in [-0.25, -0.2) is 0 Å². The molecule has 0 aromatic heterocycles. The molecule has 2 N–H and O–H groups in total. The third-order valence-electron chi connectivity index (χ3n) is 1.15. The number of rotatable bonds is 0. The van der Waals surface area contributed by atoms with Crippen LogP contribution in [0.3, 0.4) is 0 Å². The van der Waals surface area contributed by atoms with Gasteiger partial charge in [0.05, 0.1) is 6.26 Å². The molecule has 0 bridgehead atoms. The monoisotopic (exact) mass is 128 g/mol. The molecule has 9 heavy (non-hydrogen) atoms. The Kier molecular flexibility index (Phi) is 1.44. The maximum Gasteiger partial charge on any atom is 0.163 e. The lowest BCUT2D eigenvalue weighted by Gasteiger charge is -2.12. The molecule has 0 radical (unpaired) electrons. The zero-order valence-corrected chi connectivity index (χ0v) is 5.03. The second-order valence-electron chi connectivity index (χ2n) is 1.83. The quantitative estimate of drug-likeness (QED) is 0.504. The van der Waals surface area contributed by atoms with E-state index >= 15 is 0 Å². The van der Waals surface area contributed by atoms with Gasteiger partial charge in [0.25, 0.3) is 0 Å². The Hall–Kier alpha value is -0.960. The van der Waals surface area contributed by atoms with Gasteiger partial charge in [0.2, 0.25) is 0 Å². The van der Waals surface area contributed by atoms with Crippen LogP contribution >= 0.6 is 0 Å². The van der Waals surface area contributed by atoms with Crippen LogP contribution in [0.5, 0.6) is 0 Å². The molecular weight excluding hydrogens is 120 g/mol. The SMILES string of the molecule is CC1=C(O)C(O)C=CO1. The fraction of sp³-hybridized carbons (Fsp3) is 0.333. The number of ether oxygens (including phenoxy) is 1. The van der Waals surface area contributed by atoms with E-state index in [2.05, 4.69) is 0 Å². The van der Waals surface area contributed by atoms with Crippen LogP contribution in [-0.4, -0.2) is 16.3 Å². The highest BCUT2D eigenvalue weighted by Gasteiger charge is 2.13. The molecule has 0 aromatic rings. The van der Waals surface area contributed by atoms with E-state index in [4.69, 9.17) is 14.9 Å². The molecule has 0 aromatic carbocycles. The summed E-state index contributed by atoms with van der Waals surface area (Å²) in [4.78, 5) is 0. The van der Waals surface area contributed by atoms with Gasteiger partial charge in [0.15, 0.2) is 5.76 Å². The highest BCUT2D eigenvalue weighted by molar-refractivity contribution is 5.14. The van der Waals surface area contributed by atoms with Crippen LogP contribution in [0.2, 0.25) is 0 Å². The van der Waals surface area contributed by atoms with Gasteiger partial charge in [0, 0.05) is 0 Å². The van der Waals surface area contributed by atoms with Crippen molar-refractivity contribution in [2.75, 3.05) is 0 Å². The molecule has 0 fully saturated rings. The smallest absolute Gasteiger partial charge is 0.163 e. The van der Waals surface area contributed by atoms with Crippen molar-refractivity contribution in [3.05, 3.63) is 23.9 Å². The van der Waals surface area contributed by atoms with Crippen LogP contribution in [0.25, 0.3) is 0 Å². The fourth-order valence-electron chi connectivity index (χ4n) is 0.576. The van der Waals surface area contributed by atoms with E-state index < -0.39 is 6.10 Å². The standard InChI is InChI=1S/C6H8O3/c1-4-6(8)5(7)2-3-9-4/h2-3,5,7-8H,1H3. The van der Waals surface area contributed by atoms with Crippen molar-refractivity contribution in [3.63, 3.8) is 0 Å². The van der Waals surface area contributed by atoms with Gasteiger partial charge in [-0.05, 0) is 13.0 Å². The highest BCUT2D eigenvalue weighted by Crippen LogP contribution is 2.13. The largest absolute Gasteiger partial charge is 0.506 e. The van der Waals surface area contributed by atoms with Crippen molar-refractivity contribution < 1.29 is 14.9 Å². The first-order chi connectivity index (χ1) is 4.22. The average Bonchev–Trinajstić information content (AvgIpc) is 1.83. The normalized spacial score (nSPS) is 26.2. The van der Waals surface area contributed by atoms with Crippen molar-refractivity contribution in [1.82, 2.24) is 0 Å². The number of hydrogen-bond acceptors (Lipinski definition) is 3. The summed E-state index contributed by atoms with van der Waals surface area (Å²) in [5.74, 6) is 0.238. The zero-order valence-electron chi connectivity index (χ0n) is 5.03. The molecule has 1 rings (SSSR count). The van der Waals surface area contributed by atoms with Crippen LogP contribution in [0.1, 0.15) is 6.92 Å². The fourth-order valence-corrected chi connectivity index (χ4v) is 0.576. The Balaban J connectivity index is 2.79. The molecule has 1 aliphatic rings. The lowest BCUT2D eigenvalue weighted by molar-refractivity contribution is 0.156. The molecule has 1 aliphatic heterocycles. The number of aliphatic hydroxyl groups is 2. The van der Waals surface area contributed by atoms with Gasteiger partial charge in [-0.1, -0.05) is 0 Å². The molecule has 0 amide bonds. The van der Waals surface area contributed by atoms with E-state index in [1.165, 1.54) is 12.3 Å². The zero-order chi connectivity index (χ0) is 6.85. The maximum absolute atomic E-state index is 8.90. The summed E-state index contributed by atoms with van der Waals surface area (Å²) >= 11 is 0. The Bertz CT molecular complexity index is 169. The average molecular weight is 128 g/mol. The van der Waals surface area contributed by atoms with Crippen molar-refractivity contribution in [3.8, 4) is 0 Å². The van der Waals surface area contributed by atoms with Crippen LogP contribution < -0.4 is 0 Å². The number of aliphatic hydroxyl groups excluding tert-OH is 2. The number of hydrogen-bond donors (Lipinski definition) is 2.